The molecule has 2 heteroatoms. The van der Waals surface area contributed by atoms with Crippen molar-refractivity contribution in [3.8, 4) is 6.07 Å². The number of aldehydes is 1. The summed E-state index contributed by atoms with van der Waals surface area (Å²) in [5, 5.41) is 7.96. The van der Waals surface area contributed by atoms with E-state index in [4.69, 9.17) is 5.26 Å². The van der Waals surface area contributed by atoms with E-state index in [-0.39, 0.29) is 0 Å². The van der Waals surface area contributed by atoms with Crippen molar-refractivity contribution in [3.63, 3.8) is 0 Å². The fourth-order valence-corrected chi connectivity index (χ4v) is 0.621. The molecule has 0 aliphatic carbocycles. The van der Waals surface area contributed by atoms with Crippen LogP contribution in [0.15, 0.2) is 24.3 Å². The van der Waals surface area contributed by atoms with Crippen LogP contribution in [0, 0.1) is 11.3 Å². The Morgan fingerprint density at radius 2 is 1.71 bits per heavy atom. The first kappa shape index (κ1) is 15.1. The Morgan fingerprint density at radius 1 is 1.14 bits per heavy atom. The van der Waals surface area contributed by atoms with Crippen molar-refractivity contribution in [3.05, 3.63) is 24.3 Å². The van der Waals surface area contributed by atoms with Gasteiger partial charge in [0.15, 0.2) is 0 Å². The molecule has 14 heavy (non-hydrogen) atoms. The van der Waals surface area contributed by atoms with Crippen LogP contribution in [0.2, 0.25) is 0 Å². The van der Waals surface area contributed by atoms with E-state index in [1.54, 1.807) is 0 Å². The fourth-order valence-electron chi connectivity index (χ4n) is 0.621. The number of hydrogen-bond donors (Lipinski definition) is 0. The van der Waals surface area contributed by atoms with E-state index in [1.165, 1.54) is 12.2 Å². The number of nitrogens with zero attached hydrogens (tertiary/aromatic N) is 1. The quantitative estimate of drug-likeness (QED) is 0.381. The molecular formula is C12H19NO. The van der Waals surface area contributed by atoms with Gasteiger partial charge in [0.05, 0.1) is 6.07 Å². The predicted molar refractivity (Wildman–Crippen MR) is 59.8 cm³/mol. The molecule has 0 aromatic rings. The molecule has 2 nitrogen and oxygen atoms in total. The minimum absolute atomic E-state index is 0.801. The summed E-state index contributed by atoms with van der Waals surface area (Å²) in [6.45, 7) is 4.16. The predicted octanol–water partition coefficient (Wildman–Crippen LogP) is 3.41. The topological polar surface area (TPSA) is 40.9 Å². The lowest BCUT2D eigenvalue weighted by atomic mass is 10.3. The van der Waals surface area contributed by atoms with Gasteiger partial charge in [-0.25, -0.2) is 0 Å². The van der Waals surface area contributed by atoms with Crippen molar-refractivity contribution in [1.29, 1.82) is 5.26 Å². The molecule has 0 aromatic carbocycles. The summed E-state index contributed by atoms with van der Waals surface area (Å²) in [6, 6.07) is 1.92. The lowest BCUT2D eigenvalue weighted by Crippen LogP contribution is -1.61. The van der Waals surface area contributed by atoms with Crippen molar-refractivity contribution >= 4 is 6.29 Å². The van der Waals surface area contributed by atoms with Crippen LogP contribution in [0.4, 0.5) is 0 Å². The van der Waals surface area contributed by atoms with Crippen LogP contribution >= 0.6 is 0 Å². The van der Waals surface area contributed by atoms with Crippen molar-refractivity contribution in [1.82, 2.24) is 0 Å². The molecule has 0 bridgehead atoms. The number of unbranched alkanes of at least 4 members (excludes halogenated alkanes) is 2. The number of allylic oxidation sites excluding steroid dienone is 4. The lowest BCUT2D eigenvalue weighted by molar-refractivity contribution is -0.104. The maximum absolute atomic E-state index is 9.59. The summed E-state index contributed by atoms with van der Waals surface area (Å²) in [5.41, 5.74) is 0. The molecule has 0 aliphatic heterocycles. The summed E-state index contributed by atoms with van der Waals surface area (Å²) in [7, 11) is 0. The van der Waals surface area contributed by atoms with Crippen molar-refractivity contribution in [2.75, 3.05) is 0 Å². The Hall–Kier alpha value is -1.36. The van der Waals surface area contributed by atoms with E-state index in [0.29, 0.717) is 0 Å². The Balaban J connectivity index is 0. The van der Waals surface area contributed by atoms with Gasteiger partial charge in [0.1, 0.15) is 6.29 Å². The van der Waals surface area contributed by atoms with E-state index in [2.05, 4.69) is 13.8 Å². The van der Waals surface area contributed by atoms with Gasteiger partial charge in [0.2, 0.25) is 0 Å². The highest BCUT2D eigenvalue weighted by Crippen LogP contribution is 1.85. The molecule has 0 saturated heterocycles. The van der Waals surface area contributed by atoms with Crippen molar-refractivity contribution < 1.29 is 4.79 Å². The van der Waals surface area contributed by atoms with Gasteiger partial charge in [-0.15, -0.1) is 0 Å². The van der Waals surface area contributed by atoms with Crippen LogP contribution in [0.25, 0.3) is 0 Å². The molecule has 0 aliphatic rings. The van der Waals surface area contributed by atoms with E-state index >= 15 is 0 Å². The molecule has 0 saturated carbocycles. The third kappa shape index (κ3) is 22.4. The molecular weight excluding hydrogens is 174 g/mol. The molecule has 0 atom stereocenters. The molecule has 0 unspecified atom stereocenters. The standard InChI is InChI=1S/C6H9N.C6H10O/c2*1-2-3-4-5-6-7/h4-5H,2-3H2,1H3;4-6H,2-3H2,1H3/b2*5-4+. The average molecular weight is 193 g/mol. The van der Waals surface area contributed by atoms with E-state index in [0.717, 1.165) is 32.0 Å². The van der Waals surface area contributed by atoms with E-state index < -0.39 is 0 Å². The number of carbonyl (C=O) groups is 1. The number of hydrogen-bond acceptors (Lipinski definition) is 2. The Morgan fingerprint density at radius 3 is 2.14 bits per heavy atom. The molecule has 78 valence electrons. The highest BCUT2D eigenvalue weighted by atomic mass is 16.1. The molecule has 0 rings (SSSR count). The zero-order valence-corrected chi connectivity index (χ0v) is 9.07. The first-order valence-electron chi connectivity index (χ1n) is 4.98. The lowest BCUT2D eigenvalue weighted by Gasteiger charge is -1.76. The van der Waals surface area contributed by atoms with Crippen LogP contribution in [0.1, 0.15) is 39.5 Å². The maximum Gasteiger partial charge on any atom is 0.142 e. The Labute approximate surface area is 86.9 Å². The van der Waals surface area contributed by atoms with Crippen LogP contribution < -0.4 is 0 Å². The summed E-state index contributed by atoms with van der Waals surface area (Å²) >= 11 is 0. The Bertz CT molecular complexity index is 199. The minimum atomic E-state index is 0.801. The third-order valence-corrected chi connectivity index (χ3v) is 1.32. The van der Waals surface area contributed by atoms with Gasteiger partial charge in [-0.05, 0) is 18.9 Å². The van der Waals surface area contributed by atoms with Crippen LogP contribution in [0.3, 0.4) is 0 Å². The van der Waals surface area contributed by atoms with Gasteiger partial charge < -0.3 is 0 Å². The van der Waals surface area contributed by atoms with Crippen LogP contribution in [0.5, 0.6) is 0 Å². The van der Waals surface area contributed by atoms with Gasteiger partial charge in [-0.1, -0.05) is 38.8 Å². The summed E-state index contributed by atoms with van der Waals surface area (Å²) in [6.07, 6.45) is 11.9. The Kier molecular flexibility index (Phi) is 19.1. The molecule has 0 heterocycles. The molecule has 0 radical (unpaired) electrons. The smallest absolute Gasteiger partial charge is 0.142 e. The van der Waals surface area contributed by atoms with E-state index in [9.17, 15) is 4.79 Å². The second-order valence-electron chi connectivity index (χ2n) is 2.67. The van der Waals surface area contributed by atoms with Gasteiger partial charge in [-0.2, -0.15) is 5.26 Å². The SMILES string of the molecule is CCC/C=C/C#N.CCC/C=C/C=O. The third-order valence-electron chi connectivity index (χ3n) is 1.32. The zero-order chi connectivity index (χ0) is 11.1. The summed E-state index contributed by atoms with van der Waals surface area (Å²) in [4.78, 5) is 9.59. The normalized spacial score (nSPS) is 9.50. The number of rotatable bonds is 5. The van der Waals surface area contributed by atoms with Crippen molar-refractivity contribution in [2.45, 2.75) is 39.5 Å². The monoisotopic (exact) mass is 193 g/mol. The van der Waals surface area contributed by atoms with Crippen molar-refractivity contribution in [2.24, 2.45) is 0 Å². The van der Waals surface area contributed by atoms with Gasteiger partial charge in [0, 0.05) is 6.08 Å². The average Bonchev–Trinajstić information content (AvgIpc) is 2.21. The highest BCUT2D eigenvalue weighted by molar-refractivity contribution is 5.64. The van der Waals surface area contributed by atoms with Gasteiger partial charge in [0.25, 0.3) is 0 Å². The molecule has 0 aromatic heterocycles. The first-order chi connectivity index (χ1) is 6.83. The van der Waals surface area contributed by atoms with Gasteiger partial charge >= 0.3 is 0 Å². The minimum Gasteiger partial charge on any atom is -0.299 e. The number of carbonyl (C=O) groups excluding carboxylic acids is 1. The number of nitriles is 1. The molecule has 0 spiro atoms. The zero-order valence-electron chi connectivity index (χ0n) is 9.07. The molecule has 0 amide bonds. The van der Waals surface area contributed by atoms with Crippen LogP contribution in [-0.2, 0) is 4.79 Å². The summed E-state index contributed by atoms with van der Waals surface area (Å²) < 4.78 is 0. The second-order valence-corrected chi connectivity index (χ2v) is 2.67. The first-order valence-corrected chi connectivity index (χ1v) is 4.98. The second kappa shape index (κ2) is 17.7. The molecule has 0 N–H and O–H groups in total. The molecule has 0 fully saturated rings. The van der Waals surface area contributed by atoms with Gasteiger partial charge in [-0.3, -0.25) is 4.79 Å². The van der Waals surface area contributed by atoms with E-state index in [1.807, 2.05) is 18.2 Å². The summed E-state index contributed by atoms with van der Waals surface area (Å²) in [5.74, 6) is 0. The highest BCUT2D eigenvalue weighted by Gasteiger charge is 1.68. The maximum atomic E-state index is 9.59. The fraction of sp³-hybridized carbons (Fsp3) is 0.500. The largest absolute Gasteiger partial charge is 0.299 e. The van der Waals surface area contributed by atoms with Crippen LogP contribution in [-0.4, -0.2) is 6.29 Å².